The fraction of sp³-hybridized carbons (Fsp3) is 0.318. The average molecular weight is 428 g/mol. The molecule has 0 aliphatic carbocycles. The van der Waals surface area contributed by atoms with E-state index in [1.165, 1.54) is 17.3 Å². The van der Waals surface area contributed by atoms with E-state index in [0.29, 0.717) is 29.8 Å². The zero-order chi connectivity index (χ0) is 21.2. The first kappa shape index (κ1) is 21.7. The lowest BCUT2D eigenvalue weighted by Gasteiger charge is -2.06. The number of nitrogens with zero attached hydrogens (tertiary/aromatic N) is 2. The van der Waals surface area contributed by atoms with E-state index >= 15 is 0 Å². The topological polar surface area (TPSA) is 86.5 Å². The third-order valence-corrected chi connectivity index (χ3v) is 5.06. The Morgan fingerprint density at radius 1 is 1.03 bits per heavy atom. The summed E-state index contributed by atoms with van der Waals surface area (Å²) in [4.78, 5) is 12.1. The van der Waals surface area contributed by atoms with Crippen LogP contribution in [0.1, 0.15) is 24.8 Å². The first-order valence-corrected chi connectivity index (χ1v) is 10.8. The molecule has 8 heteroatoms. The highest BCUT2D eigenvalue weighted by Gasteiger charge is 2.10. The summed E-state index contributed by atoms with van der Waals surface area (Å²) in [5, 5.41) is 11.3. The standard InChI is InChI=1S/C22H25N3O4S/c1-3-28-19-13-9-17(10-14-19)23-20(26)15-30-22-25-24-21(29-22)6-4-5-16-7-11-18(27-2)12-8-16/h7-14H,3-6,15H2,1-2H3,(H,23,26). The molecule has 0 aliphatic rings. The molecule has 1 heterocycles. The van der Waals surface area contributed by atoms with Crippen LogP contribution in [0.25, 0.3) is 0 Å². The van der Waals surface area contributed by atoms with Crippen LogP contribution >= 0.6 is 11.8 Å². The molecule has 2 aromatic carbocycles. The van der Waals surface area contributed by atoms with E-state index in [1.807, 2.05) is 31.2 Å². The van der Waals surface area contributed by atoms with Gasteiger partial charge in [0.05, 0.1) is 19.5 Å². The summed E-state index contributed by atoms with van der Waals surface area (Å²) in [6, 6.07) is 15.3. The summed E-state index contributed by atoms with van der Waals surface area (Å²) in [6.07, 6.45) is 2.51. The minimum atomic E-state index is -0.136. The summed E-state index contributed by atoms with van der Waals surface area (Å²) in [6.45, 7) is 2.53. The van der Waals surface area contributed by atoms with Crippen LogP contribution in [0.3, 0.4) is 0 Å². The molecule has 1 amide bonds. The van der Waals surface area contributed by atoms with Crippen LogP contribution in [0.15, 0.2) is 58.2 Å². The van der Waals surface area contributed by atoms with E-state index in [2.05, 4.69) is 27.6 Å². The number of nitrogens with one attached hydrogen (secondary N) is 1. The number of ether oxygens (including phenoxy) is 2. The number of methoxy groups -OCH3 is 1. The molecular formula is C22H25N3O4S. The van der Waals surface area contributed by atoms with Crippen molar-refractivity contribution in [3.8, 4) is 11.5 Å². The van der Waals surface area contributed by atoms with E-state index < -0.39 is 0 Å². The molecule has 1 aromatic heterocycles. The van der Waals surface area contributed by atoms with Gasteiger partial charge < -0.3 is 19.2 Å². The second kappa shape index (κ2) is 11.3. The molecule has 3 rings (SSSR count). The van der Waals surface area contributed by atoms with Crippen LogP contribution < -0.4 is 14.8 Å². The second-order valence-corrected chi connectivity index (χ2v) is 7.38. The predicted octanol–water partition coefficient (Wildman–Crippen LogP) is 4.38. The van der Waals surface area contributed by atoms with Gasteiger partial charge in [-0.15, -0.1) is 10.2 Å². The minimum Gasteiger partial charge on any atom is -0.497 e. The average Bonchev–Trinajstić information content (AvgIpc) is 3.22. The van der Waals surface area contributed by atoms with Crippen molar-refractivity contribution in [1.29, 1.82) is 0 Å². The van der Waals surface area contributed by atoms with E-state index in [-0.39, 0.29) is 11.7 Å². The van der Waals surface area contributed by atoms with Gasteiger partial charge in [0.2, 0.25) is 11.8 Å². The number of carbonyl (C=O) groups is 1. The second-order valence-electron chi connectivity index (χ2n) is 6.46. The number of aryl methyl sites for hydroxylation is 2. The third kappa shape index (κ3) is 6.81. The number of benzene rings is 2. The Hall–Kier alpha value is -3.00. The van der Waals surface area contributed by atoms with Gasteiger partial charge >= 0.3 is 0 Å². The van der Waals surface area contributed by atoms with Gasteiger partial charge in [0.25, 0.3) is 5.22 Å². The summed E-state index contributed by atoms with van der Waals surface area (Å²) >= 11 is 1.22. The Morgan fingerprint density at radius 2 is 1.77 bits per heavy atom. The molecule has 1 N–H and O–H groups in total. The summed E-state index contributed by atoms with van der Waals surface area (Å²) in [5.74, 6) is 2.27. The molecule has 0 radical (unpaired) electrons. The highest BCUT2D eigenvalue weighted by Crippen LogP contribution is 2.19. The van der Waals surface area contributed by atoms with Crippen molar-refractivity contribution in [3.63, 3.8) is 0 Å². The molecular weight excluding hydrogens is 402 g/mol. The molecule has 3 aromatic rings. The van der Waals surface area contributed by atoms with Gasteiger partial charge in [0.1, 0.15) is 11.5 Å². The number of aromatic nitrogens is 2. The number of thioether (sulfide) groups is 1. The van der Waals surface area contributed by atoms with Gasteiger partial charge in [0, 0.05) is 12.1 Å². The van der Waals surface area contributed by atoms with Gasteiger partial charge in [-0.25, -0.2) is 0 Å². The van der Waals surface area contributed by atoms with Crippen molar-refractivity contribution < 1.29 is 18.7 Å². The van der Waals surface area contributed by atoms with Crippen LogP contribution in [-0.2, 0) is 17.6 Å². The highest BCUT2D eigenvalue weighted by molar-refractivity contribution is 7.99. The van der Waals surface area contributed by atoms with Crippen LogP contribution in [0.2, 0.25) is 0 Å². The van der Waals surface area contributed by atoms with Crippen molar-refractivity contribution in [2.45, 2.75) is 31.4 Å². The van der Waals surface area contributed by atoms with Crippen molar-refractivity contribution in [2.75, 3.05) is 24.8 Å². The zero-order valence-electron chi connectivity index (χ0n) is 17.1. The zero-order valence-corrected chi connectivity index (χ0v) is 17.9. The molecule has 0 unspecified atom stereocenters. The van der Waals surface area contributed by atoms with E-state index in [1.54, 1.807) is 19.2 Å². The quantitative estimate of drug-likeness (QED) is 0.454. The fourth-order valence-corrected chi connectivity index (χ4v) is 3.34. The molecule has 0 saturated carbocycles. The molecule has 30 heavy (non-hydrogen) atoms. The Bertz CT molecular complexity index is 926. The molecule has 0 aliphatic heterocycles. The lowest BCUT2D eigenvalue weighted by Crippen LogP contribution is -2.13. The van der Waals surface area contributed by atoms with Crippen molar-refractivity contribution in [1.82, 2.24) is 10.2 Å². The van der Waals surface area contributed by atoms with Gasteiger partial charge in [-0.1, -0.05) is 23.9 Å². The number of anilines is 1. The maximum absolute atomic E-state index is 12.1. The predicted molar refractivity (Wildman–Crippen MR) is 116 cm³/mol. The molecule has 7 nitrogen and oxygen atoms in total. The van der Waals surface area contributed by atoms with Crippen LogP contribution in [-0.4, -0.2) is 35.6 Å². The van der Waals surface area contributed by atoms with Crippen LogP contribution in [0.5, 0.6) is 11.5 Å². The molecule has 0 atom stereocenters. The van der Waals surface area contributed by atoms with E-state index in [0.717, 1.165) is 24.3 Å². The maximum atomic E-state index is 12.1. The van der Waals surface area contributed by atoms with Gasteiger partial charge in [-0.2, -0.15) is 0 Å². The summed E-state index contributed by atoms with van der Waals surface area (Å²) in [5.41, 5.74) is 1.95. The minimum absolute atomic E-state index is 0.136. The Morgan fingerprint density at radius 3 is 2.47 bits per heavy atom. The molecule has 0 spiro atoms. The maximum Gasteiger partial charge on any atom is 0.277 e. The van der Waals surface area contributed by atoms with E-state index in [9.17, 15) is 4.79 Å². The van der Waals surface area contributed by atoms with Crippen molar-refractivity contribution >= 4 is 23.4 Å². The fourth-order valence-electron chi connectivity index (χ4n) is 2.76. The normalized spacial score (nSPS) is 10.6. The Balaban J connectivity index is 1.38. The van der Waals surface area contributed by atoms with Crippen molar-refractivity contribution in [3.05, 3.63) is 60.0 Å². The number of amides is 1. The largest absolute Gasteiger partial charge is 0.497 e. The summed E-state index contributed by atoms with van der Waals surface area (Å²) in [7, 11) is 1.66. The van der Waals surface area contributed by atoms with Gasteiger partial charge in [-0.05, 0) is 61.7 Å². The molecule has 0 fully saturated rings. The van der Waals surface area contributed by atoms with Crippen LogP contribution in [0, 0.1) is 0 Å². The highest BCUT2D eigenvalue weighted by atomic mass is 32.2. The Kier molecular flexibility index (Phi) is 8.14. The Labute approximate surface area is 180 Å². The van der Waals surface area contributed by atoms with E-state index in [4.69, 9.17) is 13.9 Å². The summed E-state index contributed by atoms with van der Waals surface area (Å²) < 4.78 is 16.2. The van der Waals surface area contributed by atoms with Gasteiger partial charge in [-0.3, -0.25) is 4.79 Å². The van der Waals surface area contributed by atoms with Crippen LogP contribution in [0.4, 0.5) is 5.69 Å². The monoisotopic (exact) mass is 427 g/mol. The number of hydrogen-bond donors (Lipinski definition) is 1. The third-order valence-electron chi connectivity index (χ3n) is 4.24. The lowest BCUT2D eigenvalue weighted by atomic mass is 10.1. The number of rotatable bonds is 11. The first-order chi connectivity index (χ1) is 14.7. The SMILES string of the molecule is CCOc1ccc(NC(=O)CSc2nnc(CCCc3ccc(OC)cc3)o2)cc1. The van der Waals surface area contributed by atoms with Gasteiger partial charge in [0.15, 0.2) is 0 Å². The smallest absolute Gasteiger partial charge is 0.277 e. The molecule has 0 bridgehead atoms. The number of hydrogen-bond acceptors (Lipinski definition) is 7. The molecule has 158 valence electrons. The number of carbonyl (C=O) groups excluding carboxylic acids is 1. The first-order valence-electron chi connectivity index (χ1n) is 9.77. The van der Waals surface area contributed by atoms with Crippen molar-refractivity contribution in [2.24, 2.45) is 0 Å². The molecule has 0 saturated heterocycles. The lowest BCUT2D eigenvalue weighted by molar-refractivity contribution is -0.113.